The number of para-hydroxylation sites is 1. The van der Waals surface area contributed by atoms with E-state index in [2.05, 4.69) is 4.72 Å². The largest absolute Gasteiger partial charge is 0.497 e. The van der Waals surface area contributed by atoms with Crippen LogP contribution in [0.3, 0.4) is 0 Å². The SMILES string of the molecule is COc1cccc(NS(=O)(=O)N2CCCc3ccccc32)c1. The van der Waals surface area contributed by atoms with Crippen LogP contribution < -0.4 is 13.8 Å². The van der Waals surface area contributed by atoms with Crippen LogP contribution in [0.2, 0.25) is 0 Å². The van der Waals surface area contributed by atoms with E-state index in [1.807, 2.05) is 24.3 Å². The number of methoxy groups -OCH3 is 1. The fourth-order valence-corrected chi connectivity index (χ4v) is 3.98. The van der Waals surface area contributed by atoms with Crippen LogP contribution in [0, 0.1) is 0 Å². The van der Waals surface area contributed by atoms with Crippen molar-refractivity contribution in [2.24, 2.45) is 0 Å². The van der Waals surface area contributed by atoms with E-state index in [1.54, 1.807) is 31.4 Å². The topological polar surface area (TPSA) is 58.6 Å². The molecule has 1 heterocycles. The molecule has 0 saturated carbocycles. The summed E-state index contributed by atoms with van der Waals surface area (Å²) in [5.74, 6) is 0.610. The second-order valence-electron chi connectivity index (χ2n) is 5.14. The number of rotatable bonds is 4. The molecular weight excluding hydrogens is 300 g/mol. The van der Waals surface area contributed by atoms with E-state index in [0.717, 1.165) is 24.1 Å². The number of anilines is 2. The molecule has 3 rings (SSSR count). The third-order valence-electron chi connectivity index (χ3n) is 3.67. The second kappa shape index (κ2) is 5.88. The smallest absolute Gasteiger partial charge is 0.323 e. The van der Waals surface area contributed by atoms with Gasteiger partial charge in [-0.3, -0.25) is 9.03 Å². The molecule has 5 nitrogen and oxygen atoms in total. The molecule has 2 aromatic carbocycles. The number of nitrogens with zero attached hydrogens (tertiary/aromatic N) is 1. The van der Waals surface area contributed by atoms with Gasteiger partial charge in [-0.15, -0.1) is 0 Å². The van der Waals surface area contributed by atoms with E-state index in [-0.39, 0.29) is 0 Å². The number of benzene rings is 2. The van der Waals surface area contributed by atoms with Crippen molar-refractivity contribution in [2.45, 2.75) is 12.8 Å². The van der Waals surface area contributed by atoms with Crippen LogP contribution in [0.25, 0.3) is 0 Å². The lowest BCUT2D eigenvalue weighted by Gasteiger charge is -2.30. The molecule has 6 heteroatoms. The maximum Gasteiger partial charge on any atom is 0.323 e. The van der Waals surface area contributed by atoms with Crippen molar-refractivity contribution in [1.82, 2.24) is 0 Å². The highest BCUT2D eigenvalue weighted by Gasteiger charge is 2.27. The molecule has 0 aromatic heterocycles. The van der Waals surface area contributed by atoms with Gasteiger partial charge in [0, 0.05) is 12.6 Å². The molecule has 1 aliphatic rings. The second-order valence-corrected chi connectivity index (χ2v) is 6.74. The molecule has 1 aliphatic heterocycles. The van der Waals surface area contributed by atoms with Gasteiger partial charge in [0.1, 0.15) is 5.75 Å². The number of hydrogen-bond donors (Lipinski definition) is 1. The minimum absolute atomic E-state index is 0.482. The quantitative estimate of drug-likeness (QED) is 0.943. The summed E-state index contributed by atoms with van der Waals surface area (Å²) in [5, 5.41) is 0. The van der Waals surface area contributed by atoms with Gasteiger partial charge < -0.3 is 4.74 Å². The van der Waals surface area contributed by atoms with Gasteiger partial charge in [-0.1, -0.05) is 24.3 Å². The van der Waals surface area contributed by atoms with Gasteiger partial charge >= 0.3 is 10.2 Å². The van der Waals surface area contributed by atoms with E-state index < -0.39 is 10.2 Å². The summed E-state index contributed by atoms with van der Waals surface area (Å²) in [6.45, 7) is 0.482. The average molecular weight is 318 g/mol. The zero-order valence-electron chi connectivity index (χ0n) is 12.3. The molecule has 0 unspecified atom stereocenters. The minimum Gasteiger partial charge on any atom is -0.497 e. The maximum absolute atomic E-state index is 12.7. The fourth-order valence-electron chi connectivity index (χ4n) is 2.64. The van der Waals surface area contributed by atoms with E-state index in [4.69, 9.17) is 4.74 Å². The average Bonchev–Trinajstić information content (AvgIpc) is 2.54. The molecule has 116 valence electrons. The van der Waals surface area contributed by atoms with Crippen LogP contribution >= 0.6 is 0 Å². The summed E-state index contributed by atoms with van der Waals surface area (Å²) < 4.78 is 34.6. The molecule has 0 saturated heterocycles. The Labute approximate surface area is 130 Å². The number of aryl methyl sites for hydroxylation is 1. The van der Waals surface area contributed by atoms with Crippen LogP contribution in [0.1, 0.15) is 12.0 Å². The van der Waals surface area contributed by atoms with Gasteiger partial charge in [-0.2, -0.15) is 8.42 Å². The highest BCUT2D eigenvalue weighted by atomic mass is 32.2. The summed E-state index contributed by atoms with van der Waals surface area (Å²) in [7, 11) is -2.10. The highest BCUT2D eigenvalue weighted by Crippen LogP contribution is 2.30. The molecule has 0 bridgehead atoms. The number of fused-ring (bicyclic) bond motifs is 1. The van der Waals surface area contributed by atoms with Crippen LogP contribution in [0.15, 0.2) is 48.5 Å². The van der Waals surface area contributed by atoms with Gasteiger partial charge in [-0.25, -0.2) is 0 Å². The zero-order valence-corrected chi connectivity index (χ0v) is 13.1. The first-order valence-corrected chi connectivity index (χ1v) is 8.56. The normalized spacial score (nSPS) is 14.3. The molecule has 0 fully saturated rings. The van der Waals surface area contributed by atoms with Crippen LogP contribution in [-0.2, 0) is 16.6 Å². The van der Waals surface area contributed by atoms with Gasteiger partial charge in [0.15, 0.2) is 0 Å². The third kappa shape index (κ3) is 2.87. The van der Waals surface area contributed by atoms with Crippen molar-refractivity contribution >= 4 is 21.6 Å². The zero-order chi connectivity index (χ0) is 15.6. The minimum atomic E-state index is -3.65. The Kier molecular flexibility index (Phi) is 3.94. The Morgan fingerprint density at radius 3 is 2.77 bits per heavy atom. The Morgan fingerprint density at radius 1 is 1.14 bits per heavy atom. The Bertz CT molecular complexity index is 774. The Morgan fingerprint density at radius 2 is 1.95 bits per heavy atom. The summed E-state index contributed by atoms with van der Waals surface area (Å²) in [6.07, 6.45) is 1.72. The van der Waals surface area contributed by atoms with Crippen molar-refractivity contribution < 1.29 is 13.2 Å². The van der Waals surface area contributed by atoms with E-state index in [9.17, 15) is 8.42 Å². The first-order valence-electron chi connectivity index (χ1n) is 7.12. The molecule has 2 aromatic rings. The van der Waals surface area contributed by atoms with Crippen LogP contribution in [-0.4, -0.2) is 22.1 Å². The monoisotopic (exact) mass is 318 g/mol. The lowest BCUT2D eigenvalue weighted by atomic mass is 10.0. The van der Waals surface area contributed by atoms with Crippen molar-refractivity contribution in [2.75, 3.05) is 22.7 Å². The van der Waals surface area contributed by atoms with Gasteiger partial charge in [0.05, 0.1) is 18.5 Å². The molecule has 0 spiro atoms. The van der Waals surface area contributed by atoms with Crippen LogP contribution in [0.4, 0.5) is 11.4 Å². The van der Waals surface area contributed by atoms with Crippen LogP contribution in [0.5, 0.6) is 5.75 Å². The third-order valence-corrected chi connectivity index (χ3v) is 5.13. The van der Waals surface area contributed by atoms with E-state index >= 15 is 0 Å². The van der Waals surface area contributed by atoms with E-state index in [1.165, 1.54) is 4.31 Å². The van der Waals surface area contributed by atoms with Crippen molar-refractivity contribution in [1.29, 1.82) is 0 Å². The van der Waals surface area contributed by atoms with Gasteiger partial charge in [-0.05, 0) is 36.6 Å². The molecule has 22 heavy (non-hydrogen) atoms. The van der Waals surface area contributed by atoms with Gasteiger partial charge in [0.25, 0.3) is 0 Å². The molecule has 0 aliphatic carbocycles. The standard InChI is InChI=1S/C16H18N2O3S/c1-21-15-9-4-8-14(12-15)17-22(19,20)18-11-5-7-13-6-2-3-10-16(13)18/h2-4,6,8-10,12,17H,5,7,11H2,1H3. The molecule has 0 atom stereocenters. The summed E-state index contributed by atoms with van der Waals surface area (Å²) in [4.78, 5) is 0. The lowest BCUT2D eigenvalue weighted by molar-refractivity contribution is 0.415. The fraction of sp³-hybridized carbons (Fsp3) is 0.250. The highest BCUT2D eigenvalue weighted by molar-refractivity contribution is 7.94. The predicted octanol–water partition coefficient (Wildman–Crippen LogP) is 2.80. The number of hydrogen-bond acceptors (Lipinski definition) is 3. The molecule has 0 radical (unpaired) electrons. The summed E-state index contributed by atoms with van der Waals surface area (Å²) in [6, 6.07) is 14.5. The van der Waals surface area contributed by atoms with Crippen molar-refractivity contribution in [3.8, 4) is 5.75 Å². The molecule has 1 N–H and O–H groups in total. The maximum atomic E-state index is 12.7. The molecular formula is C16H18N2O3S. The van der Waals surface area contributed by atoms with Crippen molar-refractivity contribution in [3.63, 3.8) is 0 Å². The van der Waals surface area contributed by atoms with Gasteiger partial charge in [0.2, 0.25) is 0 Å². The molecule has 0 amide bonds. The summed E-state index contributed by atoms with van der Waals surface area (Å²) in [5.41, 5.74) is 2.30. The number of ether oxygens (including phenoxy) is 1. The summed E-state index contributed by atoms with van der Waals surface area (Å²) >= 11 is 0. The Hall–Kier alpha value is -2.21. The first kappa shape index (κ1) is 14.7. The number of nitrogens with one attached hydrogen (secondary N) is 1. The Balaban J connectivity index is 1.90. The van der Waals surface area contributed by atoms with Crippen molar-refractivity contribution in [3.05, 3.63) is 54.1 Å². The first-order chi connectivity index (χ1) is 10.6. The predicted molar refractivity (Wildman–Crippen MR) is 87.6 cm³/mol. The van der Waals surface area contributed by atoms with E-state index in [0.29, 0.717) is 18.0 Å². The lowest BCUT2D eigenvalue weighted by Crippen LogP contribution is -2.39.